The minimum atomic E-state index is -0.186. The van der Waals surface area contributed by atoms with E-state index in [0.29, 0.717) is 11.2 Å². The van der Waals surface area contributed by atoms with E-state index in [1.807, 2.05) is 0 Å². The summed E-state index contributed by atoms with van der Waals surface area (Å²) in [7, 11) is 0. The van der Waals surface area contributed by atoms with Gasteiger partial charge in [-0.25, -0.2) is 0 Å². The van der Waals surface area contributed by atoms with Crippen molar-refractivity contribution in [2.24, 2.45) is 0 Å². The van der Waals surface area contributed by atoms with Crippen LogP contribution in [0.25, 0.3) is 0 Å². The van der Waals surface area contributed by atoms with Gasteiger partial charge in [-0.3, -0.25) is 4.79 Å². The van der Waals surface area contributed by atoms with Crippen molar-refractivity contribution in [1.29, 1.82) is 0 Å². The second-order valence-corrected chi connectivity index (χ2v) is 3.22. The van der Waals surface area contributed by atoms with Gasteiger partial charge < -0.3 is 9.73 Å². The summed E-state index contributed by atoms with van der Waals surface area (Å²) in [5.74, 6) is -0.201. The number of carbonyl (C=O) groups is 1. The van der Waals surface area contributed by atoms with Crippen LogP contribution in [0, 0.1) is 0 Å². The van der Waals surface area contributed by atoms with Crippen LogP contribution in [0.2, 0.25) is 0 Å². The highest BCUT2D eigenvalue weighted by atomic mass is 79.9. The molecule has 5 heteroatoms. The molecule has 1 aromatic heterocycles. The number of nitrogens with one attached hydrogen (secondary N) is 1. The molecule has 0 spiro atoms. The maximum atomic E-state index is 10.7. The molecule has 0 radical (unpaired) electrons. The molecule has 0 aliphatic rings. The van der Waals surface area contributed by atoms with Crippen LogP contribution >= 0.6 is 27.5 Å². The second kappa shape index (κ2) is 4.52. The van der Waals surface area contributed by atoms with Crippen molar-refractivity contribution in [2.45, 2.75) is 6.54 Å². The van der Waals surface area contributed by atoms with Gasteiger partial charge in [0.05, 0.1) is 6.26 Å². The first-order chi connectivity index (χ1) is 5.72. The average molecular weight is 252 g/mol. The van der Waals surface area contributed by atoms with E-state index in [0.717, 1.165) is 5.56 Å². The molecule has 1 heterocycles. The summed E-state index contributed by atoms with van der Waals surface area (Å²) in [6.07, 6.45) is 1.57. The molecule has 0 bridgehead atoms. The van der Waals surface area contributed by atoms with Gasteiger partial charge in [0.25, 0.3) is 0 Å². The molecule has 12 heavy (non-hydrogen) atoms. The number of furan rings is 1. The molecule has 1 amide bonds. The Kier molecular flexibility index (Phi) is 3.62. The highest BCUT2D eigenvalue weighted by Crippen LogP contribution is 2.13. The van der Waals surface area contributed by atoms with Crippen molar-refractivity contribution in [3.63, 3.8) is 0 Å². The number of hydrogen-bond donors (Lipinski definition) is 1. The molecule has 0 atom stereocenters. The van der Waals surface area contributed by atoms with Crippen LogP contribution in [-0.4, -0.2) is 11.8 Å². The van der Waals surface area contributed by atoms with E-state index in [4.69, 9.17) is 16.0 Å². The van der Waals surface area contributed by atoms with E-state index in [9.17, 15) is 4.79 Å². The SMILES string of the molecule is O=C(CCl)NCc1coc(Br)c1. The summed E-state index contributed by atoms with van der Waals surface area (Å²) in [5, 5.41) is 2.61. The van der Waals surface area contributed by atoms with E-state index < -0.39 is 0 Å². The smallest absolute Gasteiger partial charge is 0.235 e. The topological polar surface area (TPSA) is 42.2 Å². The number of amides is 1. The highest BCUT2D eigenvalue weighted by Gasteiger charge is 2.00. The minimum absolute atomic E-state index is 0.0149. The Balaban J connectivity index is 2.38. The van der Waals surface area contributed by atoms with Gasteiger partial charge in [-0.1, -0.05) is 0 Å². The lowest BCUT2D eigenvalue weighted by atomic mass is 10.3. The lowest BCUT2D eigenvalue weighted by molar-refractivity contribution is -0.118. The summed E-state index contributed by atoms with van der Waals surface area (Å²) >= 11 is 8.43. The molecule has 0 aliphatic carbocycles. The maximum Gasteiger partial charge on any atom is 0.235 e. The summed E-state index contributed by atoms with van der Waals surface area (Å²) in [6, 6.07) is 1.79. The number of alkyl halides is 1. The first-order valence-electron chi connectivity index (χ1n) is 3.28. The normalized spacial score (nSPS) is 9.83. The highest BCUT2D eigenvalue weighted by molar-refractivity contribution is 9.10. The Morgan fingerprint density at radius 1 is 1.75 bits per heavy atom. The van der Waals surface area contributed by atoms with Gasteiger partial charge >= 0.3 is 0 Å². The monoisotopic (exact) mass is 251 g/mol. The molecule has 0 unspecified atom stereocenters. The van der Waals surface area contributed by atoms with Crippen molar-refractivity contribution in [3.05, 3.63) is 22.6 Å². The van der Waals surface area contributed by atoms with Crippen LogP contribution in [0.3, 0.4) is 0 Å². The average Bonchev–Trinajstić information content (AvgIpc) is 2.47. The largest absolute Gasteiger partial charge is 0.457 e. The van der Waals surface area contributed by atoms with Crippen LogP contribution < -0.4 is 5.32 Å². The van der Waals surface area contributed by atoms with Crippen molar-refractivity contribution >= 4 is 33.4 Å². The molecule has 3 nitrogen and oxygen atoms in total. The lowest BCUT2D eigenvalue weighted by Crippen LogP contribution is -2.23. The van der Waals surface area contributed by atoms with E-state index >= 15 is 0 Å². The van der Waals surface area contributed by atoms with Crippen LogP contribution in [0.4, 0.5) is 0 Å². The molecule has 0 aliphatic heterocycles. The summed E-state index contributed by atoms with van der Waals surface area (Å²) in [4.78, 5) is 10.7. The predicted octanol–water partition coefficient (Wildman–Crippen LogP) is 1.90. The zero-order valence-corrected chi connectivity index (χ0v) is 8.48. The fourth-order valence-corrected chi connectivity index (χ4v) is 1.17. The third-order valence-electron chi connectivity index (χ3n) is 1.23. The van der Waals surface area contributed by atoms with Crippen LogP contribution in [-0.2, 0) is 11.3 Å². The molecule has 0 saturated carbocycles. The Morgan fingerprint density at radius 2 is 2.50 bits per heavy atom. The molecule has 1 aromatic rings. The van der Waals surface area contributed by atoms with Gasteiger partial charge in [-0.15, -0.1) is 11.6 Å². The second-order valence-electron chi connectivity index (χ2n) is 2.17. The fourth-order valence-electron chi connectivity index (χ4n) is 0.686. The summed E-state index contributed by atoms with van der Waals surface area (Å²) in [6.45, 7) is 0.445. The van der Waals surface area contributed by atoms with Gasteiger partial charge in [0, 0.05) is 12.1 Å². The Labute approximate surface area is 83.2 Å². The van der Waals surface area contributed by atoms with Gasteiger partial charge in [0.2, 0.25) is 5.91 Å². The molecule has 0 aromatic carbocycles. The molecule has 66 valence electrons. The predicted molar refractivity (Wildman–Crippen MR) is 49.0 cm³/mol. The first kappa shape index (κ1) is 9.61. The zero-order valence-electron chi connectivity index (χ0n) is 6.14. The molecule has 0 saturated heterocycles. The first-order valence-corrected chi connectivity index (χ1v) is 4.60. The van der Waals surface area contributed by atoms with E-state index in [2.05, 4.69) is 21.2 Å². The van der Waals surface area contributed by atoms with E-state index in [-0.39, 0.29) is 11.8 Å². The molecule has 0 fully saturated rings. The van der Waals surface area contributed by atoms with Crippen molar-refractivity contribution in [2.75, 3.05) is 5.88 Å². The minimum Gasteiger partial charge on any atom is -0.457 e. The third kappa shape index (κ3) is 2.87. The standard InChI is InChI=1S/C7H7BrClNO2/c8-6-1-5(4-12-6)3-10-7(11)2-9/h1,4H,2-3H2,(H,10,11). The summed E-state index contributed by atoms with van der Waals surface area (Å²) < 4.78 is 5.61. The molecule has 1 rings (SSSR count). The Bertz CT molecular complexity index is 274. The zero-order chi connectivity index (χ0) is 8.97. The van der Waals surface area contributed by atoms with Crippen molar-refractivity contribution in [1.82, 2.24) is 5.32 Å². The van der Waals surface area contributed by atoms with E-state index in [1.54, 1.807) is 12.3 Å². The van der Waals surface area contributed by atoms with Gasteiger partial charge in [-0.2, -0.15) is 0 Å². The summed E-state index contributed by atoms with van der Waals surface area (Å²) in [5.41, 5.74) is 0.903. The number of rotatable bonds is 3. The number of hydrogen-bond acceptors (Lipinski definition) is 2. The van der Waals surface area contributed by atoms with Crippen LogP contribution in [0.15, 0.2) is 21.4 Å². The van der Waals surface area contributed by atoms with Crippen molar-refractivity contribution < 1.29 is 9.21 Å². The Hall–Kier alpha value is -0.480. The molecule has 1 N–H and O–H groups in total. The van der Waals surface area contributed by atoms with Crippen LogP contribution in [0.5, 0.6) is 0 Å². The number of halogens is 2. The van der Waals surface area contributed by atoms with Gasteiger partial charge in [0.1, 0.15) is 5.88 Å². The quantitative estimate of drug-likeness (QED) is 0.835. The van der Waals surface area contributed by atoms with Gasteiger partial charge in [0.15, 0.2) is 4.67 Å². The fraction of sp³-hybridized carbons (Fsp3) is 0.286. The number of carbonyl (C=O) groups excluding carboxylic acids is 1. The molecular formula is C7H7BrClNO2. The Morgan fingerprint density at radius 3 is 3.00 bits per heavy atom. The van der Waals surface area contributed by atoms with Gasteiger partial charge in [-0.05, 0) is 22.0 Å². The molecular weight excluding hydrogens is 245 g/mol. The maximum absolute atomic E-state index is 10.7. The van der Waals surface area contributed by atoms with Crippen LogP contribution in [0.1, 0.15) is 5.56 Å². The van der Waals surface area contributed by atoms with Crippen molar-refractivity contribution in [3.8, 4) is 0 Å². The van der Waals surface area contributed by atoms with E-state index in [1.165, 1.54) is 0 Å². The lowest BCUT2D eigenvalue weighted by Gasteiger charge is -1.97. The third-order valence-corrected chi connectivity index (χ3v) is 1.89.